The van der Waals surface area contributed by atoms with Crippen LogP contribution in [0.4, 0.5) is 0 Å². The summed E-state index contributed by atoms with van der Waals surface area (Å²) in [6, 6.07) is 5.90. The van der Waals surface area contributed by atoms with Gasteiger partial charge in [0, 0.05) is 37.3 Å². The number of hydrogen-bond donors (Lipinski definition) is 1. The molecule has 0 saturated carbocycles. The lowest BCUT2D eigenvalue weighted by molar-refractivity contribution is -0.121. The van der Waals surface area contributed by atoms with E-state index in [0.29, 0.717) is 12.3 Å². The van der Waals surface area contributed by atoms with Gasteiger partial charge in [0.15, 0.2) is 0 Å². The predicted octanol–water partition coefficient (Wildman–Crippen LogP) is 2.55. The molecule has 3 rings (SSSR count). The van der Waals surface area contributed by atoms with Crippen LogP contribution in [-0.4, -0.2) is 40.9 Å². The monoisotopic (exact) mass is 330 g/mol. The van der Waals surface area contributed by atoms with Gasteiger partial charge in [-0.1, -0.05) is 6.07 Å². The zero-order valence-electron chi connectivity index (χ0n) is 13.4. The number of piperidine rings is 1. The Kier molecular flexibility index (Phi) is 5.35. The molecule has 0 radical (unpaired) electrons. The van der Waals surface area contributed by atoms with E-state index in [1.165, 1.54) is 4.88 Å². The Balaban J connectivity index is 1.51. The van der Waals surface area contributed by atoms with Gasteiger partial charge in [0.2, 0.25) is 5.91 Å². The highest BCUT2D eigenvalue weighted by molar-refractivity contribution is 7.14. The number of aromatic nitrogens is 2. The lowest BCUT2D eigenvalue weighted by Gasteiger charge is -2.31. The molecule has 0 bridgehead atoms. The molecule has 23 heavy (non-hydrogen) atoms. The highest BCUT2D eigenvalue weighted by atomic mass is 32.1. The number of nitrogens with one attached hydrogen (secondary N) is 1. The third-order valence-corrected chi connectivity index (χ3v) is 5.28. The third-order valence-electron chi connectivity index (χ3n) is 4.28. The number of rotatable bonds is 5. The van der Waals surface area contributed by atoms with Crippen molar-refractivity contribution in [2.45, 2.75) is 25.8 Å². The number of carbonyl (C=O) groups is 1. The van der Waals surface area contributed by atoms with Crippen molar-refractivity contribution >= 4 is 17.2 Å². The molecule has 0 unspecified atom stereocenters. The maximum atomic E-state index is 11.5. The summed E-state index contributed by atoms with van der Waals surface area (Å²) < 4.78 is 0. The SMILES string of the molecule is CNC(=O)CC1CCN(Cc2cnc(-c3ccccn3)s2)CC1. The molecule has 6 heteroatoms. The first-order valence-corrected chi connectivity index (χ1v) is 8.85. The number of pyridine rings is 1. The van der Waals surface area contributed by atoms with Crippen molar-refractivity contribution < 1.29 is 4.79 Å². The van der Waals surface area contributed by atoms with Gasteiger partial charge in [-0.15, -0.1) is 11.3 Å². The maximum Gasteiger partial charge on any atom is 0.220 e. The largest absolute Gasteiger partial charge is 0.359 e. The van der Waals surface area contributed by atoms with E-state index in [0.717, 1.165) is 43.2 Å². The van der Waals surface area contributed by atoms with E-state index < -0.39 is 0 Å². The first-order chi connectivity index (χ1) is 11.2. The highest BCUT2D eigenvalue weighted by Gasteiger charge is 2.21. The minimum absolute atomic E-state index is 0.158. The third kappa shape index (κ3) is 4.36. The van der Waals surface area contributed by atoms with Crippen LogP contribution < -0.4 is 5.32 Å². The molecule has 0 aromatic carbocycles. The van der Waals surface area contributed by atoms with Gasteiger partial charge in [-0.3, -0.25) is 14.7 Å². The van der Waals surface area contributed by atoms with Crippen LogP contribution in [0.25, 0.3) is 10.7 Å². The molecule has 0 spiro atoms. The van der Waals surface area contributed by atoms with Crippen molar-refractivity contribution in [3.63, 3.8) is 0 Å². The molecule has 0 atom stereocenters. The summed E-state index contributed by atoms with van der Waals surface area (Å²) in [4.78, 5) is 24.0. The Morgan fingerprint density at radius 3 is 2.87 bits per heavy atom. The summed E-state index contributed by atoms with van der Waals surface area (Å²) in [5.74, 6) is 0.683. The molecule has 1 saturated heterocycles. The van der Waals surface area contributed by atoms with Gasteiger partial charge in [-0.25, -0.2) is 4.98 Å². The van der Waals surface area contributed by atoms with Crippen molar-refractivity contribution in [1.82, 2.24) is 20.2 Å². The van der Waals surface area contributed by atoms with Crippen LogP contribution in [0.1, 0.15) is 24.1 Å². The number of nitrogens with zero attached hydrogens (tertiary/aromatic N) is 3. The zero-order valence-corrected chi connectivity index (χ0v) is 14.2. The topological polar surface area (TPSA) is 58.1 Å². The van der Waals surface area contributed by atoms with E-state index in [9.17, 15) is 4.79 Å². The maximum absolute atomic E-state index is 11.5. The Labute approximate surface area is 140 Å². The molecule has 122 valence electrons. The van der Waals surface area contributed by atoms with Gasteiger partial charge in [-0.2, -0.15) is 0 Å². The predicted molar refractivity (Wildman–Crippen MR) is 92.0 cm³/mol. The molecule has 1 N–H and O–H groups in total. The molecule has 1 aliphatic heterocycles. The fraction of sp³-hybridized carbons (Fsp3) is 0.471. The molecule has 0 aliphatic carbocycles. The normalized spacial score (nSPS) is 16.4. The van der Waals surface area contributed by atoms with Gasteiger partial charge >= 0.3 is 0 Å². The lowest BCUT2D eigenvalue weighted by atomic mass is 9.93. The zero-order chi connectivity index (χ0) is 16.1. The highest BCUT2D eigenvalue weighted by Crippen LogP contribution is 2.26. The van der Waals surface area contributed by atoms with Gasteiger partial charge in [0.1, 0.15) is 5.01 Å². The molecule has 2 aromatic rings. The van der Waals surface area contributed by atoms with Gasteiger partial charge < -0.3 is 5.32 Å². The Bertz CT molecular complexity index is 635. The van der Waals surface area contributed by atoms with Crippen molar-refractivity contribution in [3.8, 4) is 10.7 Å². The minimum atomic E-state index is 0.158. The number of thiazole rings is 1. The summed E-state index contributed by atoms with van der Waals surface area (Å²) in [7, 11) is 1.71. The first kappa shape index (κ1) is 16.1. The second kappa shape index (κ2) is 7.66. The molecule has 3 heterocycles. The Hall–Kier alpha value is -1.79. The van der Waals surface area contributed by atoms with Crippen LogP contribution in [0.5, 0.6) is 0 Å². The van der Waals surface area contributed by atoms with Crippen LogP contribution in [-0.2, 0) is 11.3 Å². The Morgan fingerprint density at radius 2 is 2.17 bits per heavy atom. The van der Waals surface area contributed by atoms with Crippen LogP contribution in [0, 0.1) is 5.92 Å². The molecule has 2 aromatic heterocycles. The number of carbonyl (C=O) groups excluding carboxylic acids is 1. The fourth-order valence-electron chi connectivity index (χ4n) is 2.92. The van der Waals surface area contributed by atoms with Crippen molar-refractivity contribution in [1.29, 1.82) is 0 Å². The lowest BCUT2D eigenvalue weighted by Crippen LogP contribution is -2.34. The van der Waals surface area contributed by atoms with E-state index in [1.54, 1.807) is 24.6 Å². The van der Waals surface area contributed by atoms with Crippen LogP contribution in [0.2, 0.25) is 0 Å². The smallest absolute Gasteiger partial charge is 0.220 e. The average Bonchev–Trinajstić information content (AvgIpc) is 3.06. The second-order valence-corrected chi connectivity index (χ2v) is 7.06. The summed E-state index contributed by atoms with van der Waals surface area (Å²) in [6.45, 7) is 3.05. The van der Waals surface area contributed by atoms with E-state index in [4.69, 9.17) is 0 Å². The molecular weight excluding hydrogens is 308 g/mol. The van der Waals surface area contributed by atoms with Crippen LogP contribution >= 0.6 is 11.3 Å². The summed E-state index contributed by atoms with van der Waals surface area (Å²) in [6.07, 6.45) is 6.62. The molecule has 1 amide bonds. The number of amides is 1. The number of hydrogen-bond acceptors (Lipinski definition) is 5. The van der Waals surface area contributed by atoms with Crippen molar-refractivity contribution in [2.24, 2.45) is 5.92 Å². The molecular formula is C17H22N4OS. The average molecular weight is 330 g/mol. The van der Waals surface area contributed by atoms with Crippen molar-refractivity contribution in [3.05, 3.63) is 35.5 Å². The van der Waals surface area contributed by atoms with E-state index in [-0.39, 0.29) is 5.91 Å². The number of likely N-dealkylation sites (tertiary alicyclic amines) is 1. The molecule has 1 fully saturated rings. The van der Waals surface area contributed by atoms with Gasteiger partial charge in [-0.05, 0) is 44.0 Å². The van der Waals surface area contributed by atoms with E-state index in [2.05, 4.69) is 20.2 Å². The summed E-state index contributed by atoms with van der Waals surface area (Å²) in [5, 5.41) is 3.70. The van der Waals surface area contributed by atoms with Crippen molar-refractivity contribution in [2.75, 3.05) is 20.1 Å². The standard InChI is InChI=1S/C17H22N4OS/c1-18-16(22)10-13-5-8-21(9-6-13)12-14-11-20-17(23-14)15-4-2-3-7-19-15/h2-4,7,11,13H,5-6,8-10,12H2,1H3,(H,18,22). The molecule has 1 aliphatic rings. The van der Waals surface area contributed by atoms with Gasteiger partial charge in [0.05, 0.1) is 5.69 Å². The quantitative estimate of drug-likeness (QED) is 0.915. The minimum Gasteiger partial charge on any atom is -0.359 e. The summed E-state index contributed by atoms with van der Waals surface area (Å²) >= 11 is 1.72. The van der Waals surface area contributed by atoms with Crippen LogP contribution in [0.3, 0.4) is 0 Å². The molecule has 5 nitrogen and oxygen atoms in total. The second-order valence-electron chi connectivity index (χ2n) is 5.94. The van der Waals surface area contributed by atoms with E-state index in [1.807, 2.05) is 24.4 Å². The first-order valence-electron chi connectivity index (χ1n) is 8.03. The summed E-state index contributed by atoms with van der Waals surface area (Å²) in [5.41, 5.74) is 0.938. The van der Waals surface area contributed by atoms with Crippen LogP contribution in [0.15, 0.2) is 30.6 Å². The van der Waals surface area contributed by atoms with Gasteiger partial charge in [0.25, 0.3) is 0 Å². The van der Waals surface area contributed by atoms with E-state index >= 15 is 0 Å². The Morgan fingerprint density at radius 1 is 1.35 bits per heavy atom. The fourth-order valence-corrected chi connectivity index (χ4v) is 3.85.